The second kappa shape index (κ2) is 6.59. The summed E-state index contributed by atoms with van der Waals surface area (Å²) in [5.41, 5.74) is 2.82. The third kappa shape index (κ3) is 3.15. The first-order valence-corrected chi connectivity index (χ1v) is 8.39. The molecule has 0 aliphatic carbocycles. The molecule has 6 nitrogen and oxygen atoms in total. The van der Waals surface area contributed by atoms with Gasteiger partial charge in [-0.25, -0.2) is 9.07 Å². The molecule has 0 saturated carbocycles. The summed E-state index contributed by atoms with van der Waals surface area (Å²) >= 11 is 0. The number of fused-ring (bicyclic) bond motifs is 1. The van der Waals surface area contributed by atoms with Crippen LogP contribution >= 0.6 is 0 Å². The van der Waals surface area contributed by atoms with E-state index in [1.807, 2.05) is 28.9 Å². The molecular weight excluding hydrogens is 333 g/mol. The standard InChI is InChI=1S/C19H18FN5O/c1-12(26)23-16-8-4-14(5-9-16)18-10-17(13-2-6-15(20)7-3-13)24-19-21-11-22-25(18)19/h2-9,11,17-18H,10H2,1H3,(H,23,26)(H,21,22,24)/t17-,18-/m1/s1. The van der Waals surface area contributed by atoms with Crippen LogP contribution in [0, 0.1) is 5.82 Å². The van der Waals surface area contributed by atoms with Gasteiger partial charge in [0.25, 0.3) is 0 Å². The van der Waals surface area contributed by atoms with E-state index in [0.717, 1.165) is 23.2 Å². The van der Waals surface area contributed by atoms with Crippen molar-refractivity contribution in [3.05, 3.63) is 71.8 Å². The van der Waals surface area contributed by atoms with Crippen molar-refractivity contribution < 1.29 is 9.18 Å². The van der Waals surface area contributed by atoms with E-state index >= 15 is 0 Å². The van der Waals surface area contributed by atoms with Crippen molar-refractivity contribution in [2.45, 2.75) is 25.4 Å². The Morgan fingerprint density at radius 1 is 1.15 bits per heavy atom. The number of hydrogen-bond donors (Lipinski definition) is 2. The van der Waals surface area contributed by atoms with Gasteiger partial charge >= 0.3 is 0 Å². The van der Waals surface area contributed by atoms with Crippen molar-refractivity contribution in [1.82, 2.24) is 14.8 Å². The molecule has 1 amide bonds. The molecule has 0 bridgehead atoms. The van der Waals surface area contributed by atoms with Crippen molar-refractivity contribution >= 4 is 17.5 Å². The number of halogens is 1. The lowest BCUT2D eigenvalue weighted by molar-refractivity contribution is -0.114. The largest absolute Gasteiger partial charge is 0.348 e. The molecule has 1 aliphatic rings. The summed E-state index contributed by atoms with van der Waals surface area (Å²) in [7, 11) is 0. The van der Waals surface area contributed by atoms with Crippen molar-refractivity contribution in [1.29, 1.82) is 0 Å². The molecule has 26 heavy (non-hydrogen) atoms. The predicted octanol–water partition coefficient (Wildman–Crippen LogP) is 3.52. The summed E-state index contributed by atoms with van der Waals surface area (Å²) in [6.07, 6.45) is 2.27. The van der Waals surface area contributed by atoms with Crippen molar-refractivity contribution in [3.8, 4) is 0 Å². The summed E-state index contributed by atoms with van der Waals surface area (Å²) < 4.78 is 15.1. The van der Waals surface area contributed by atoms with Crippen molar-refractivity contribution in [2.75, 3.05) is 10.6 Å². The Balaban J connectivity index is 1.64. The van der Waals surface area contributed by atoms with E-state index < -0.39 is 0 Å². The van der Waals surface area contributed by atoms with E-state index in [0.29, 0.717) is 5.95 Å². The number of nitrogens with one attached hydrogen (secondary N) is 2. The maximum absolute atomic E-state index is 13.2. The summed E-state index contributed by atoms with van der Waals surface area (Å²) in [4.78, 5) is 15.5. The summed E-state index contributed by atoms with van der Waals surface area (Å²) in [5, 5.41) is 10.5. The highest BCUT2D eigenvalue weighted by molar-refractivity contribution is 5.88. The summed E-state index contributed by atoms with van der Waals surface area (Å²) in [5.74, 6) is 0.328. The Bertz CT molecular complexity index is 920. The number of benzene rings is 2. The monoisotopic (exact) mass is 351 g/mol. The molecule has 3 aromatic rings. The average molecular weight is 351 g/mol. The Kier molecular flexibility index (Phi) is 4.12. The predicted molar refractivity (Wildman–Crippen MR) is 96.3 cm³/mol. The number of nitrogens with zero attached hydrogens (tertiary/aromatic N) is 3. The fraction of sp³-hybridized carbons (Fsp3) is 0.211. The van der Waals surface area contributed by atoms with E-state index in [1.165, 1.54) is 25.4 Å². The van der Waals surface area contributed by atoms with E-state index in [2.05, 4.69) is 20.7 Å². The summed E-state index contributed by atoms with van der Waals surface area (Å²) in [6, 6.07) is 14.2. The van der Waals surface area contributed by atoms with E-state index in [9.17, 15) is 9.18 Å². The van der Waals surface area contributed by atoms with Crippen LogP contribution in [0.4, 0.5) is 16.0 Å². The van der Waals surface area contributed by atoms with Crippen molar-refractivity contribution in [2.24, 2.45) is 0 Å². The first kappa shape index (κ1) is 16.3. The quantitative estimate of drug-likeness (QED) is 0.757. The van der Waals surface area contributed by atoms with Crippen LogP contribution in [0.3, 0.4) is 0 Å². The van der Waals surface area contributed by atoms with Gasteiger partial charge in [-0.15, -0.1) is 0 Å². The Labute approximate surface area is 150 Å². The second-order valence-corrected chi connectivity index (χ2v) is 6.33. The first-order chi connectivity index (χ1) is 12.6. The normalized spacial score (nSPS) is 18.7. The van der Waals surface area contributed by atoms with Gasteiger partial charge in [0.05, 0.1) is 12.1 Å². The molecule has 0 unspecified atom stereocenters. The number of carbonyl (C=O) groups is 1. The number of anilines is 2. The highest BCUT2D eigenvalue weighted by Gasteiger charge is 2.29. The zero-order valence-electron chi connectivity index (χ0n) is 14.2. The third-order valence-corrected chi connectivity index (χ3v) is 4.52. The molecule has 2 aromatic carbocycles. The molecule has 132 valence electrons. The molecule has 2 N–H and O–H groups in total. The van der Waals surface area contributed by atoms with E-state index in [-0.39, 0.29) is 23.8 Å². The molecule has 7 heteroatoms. The zero-order valence-corrected chi connectivity index (χ0v) is 14.2. The van der Waals surface area contributed by atoms with Gasteiger partial charge in [-0.3, -0.25) is 4.79 Å². The Morgan fingerprint density at radius 2 is 1.85 bits per heavy atom. The van der Waals surface area contributed by atoms with E-state index in [4.69, 9.17) is 0 Å². The van der Waals surface area contributed by atoms with Crippen molar-refractivity contribution in [3.63, 3.8) is 0 Å². The van der Waals surface area contributed by atoms with Gasteiger partial charge in [0, 0.05) is 12.6 Å². The van der Waals surface area contributed by atoms with Gasteiger partial charge in [0.1, 0.15) is 12.1 Å². The number of amides is 1. The van der Waals surface area contributed by atoms with E-state index in [1.54, 1.807) is 12.1 Å². The molecule has 0 radical (unpaired) electrons. The minimum atomic E-state index is -0.252. The molecule has 0 fully saturated rings. The second-order valence-electron chi connectivity index (χ2n) is 6.33. The number of hydrogen-bond acceptors (Lipinski definition) is 4. The number of aromatic nitrogens is 3. The van der Waals surface area contributed by atoms with Gasteiger partial charge in [-0.05, 0) is 41.8 Å². The van der Waals surface area contributed by atoms with Crippen LogP contribution in [-0.4, -0.2) is 20.7 Å². The fourth-order valence-corrected chi connectivity index (χ4v) is 3.30. The van der Waals surface area contributed by atoms with Crippen LogP contribution < -0.4 is 10.6 Å². The molecule has 1 aromatic heterocycles. The number of rotatable bonds is 3. The third-order valence-electron chi connectivity index (χ3n) is 4.52. The SMILES string of the molecule is CC(=O)Nc1ccc([C@H]2C[C@H](c3ccc(F)cc3)Nc3ncnn32)cc1. The smallest absolute Gasteiger partial charge is 0.222 e. The highest BCUT2D eigenvalue weighted by Crippen LogP contribution is 2.37. The zero-order chi connectivity index (χ0) is 18.1. The van der Waals surface area contributed by atoms with Gasteiger partial charge in [0.15, 0.2) is 0 Å². The molecule has 0 saturated heterocycles. The molecule has 2 atom stereocenters. The van der Waals surface area contributed by atoms with Crippen LogP contribution in [0.15, 0.2) is 54.9 Å². The van der Waals surface area contributed by atoms with Gasteiger partial charge < -0.3 is 10.6 Å². The average Bonchev–Trinajstić information content (AvgIpc) is 3.10. The maximum Gasteiger partial charge on any atom is 0.222 e. The first-order valence-electron chi connectivity index (χ1n) is 8.39. The van der Waals surface area contributed by atoms with Gasteiger partial charge in [0.2, 0.25) is 11.9 Å². The topological polar surface area (TPSA) is 71.8 Å². The van der Waals surface area contributed by atoms with Crippen LogP contribution in [-0.2, 0) is 4.79 Å². The fourth-order valence-electron chi connectivity index (χ4n) is 3.30. The number of carbonyl (C=O) groups excluding carboxylic acids is 1. The molecule has 2 heterocycles. The Morgan fingerprint density at radius 3 is 2.54 bits per heavy atom. The molecule has 4 rings (SSSR count). The van der Waals surface area contributed by atoms with Crippen LogP contribution in [0.5, 0.6) is 0 Å². The van der Waals surface area contributed by atoms with Crippen LogP contribution in [0.25, 0.3) is 0 Å². The van der Waals surface area contributed by atoms with Crippen LogP contribution in [0.1, 0.15) is 36.6 Å². The minimum absolute atomic E-state index is 0.00446. The summed E-state index contributed by atoms with van der Waals surface area (Å²) in [6.45, 7) is 1.48. The van der Waals surface area contributed by atoms with Gasteiger partial charge in [-0.2, -0.15) is 10.1 Å². The molecule has 1 aliphatic heterocycles. The van der Waals surface area contributed by atoms with Gasteiger partial charge in [-0.1, -0.05) is 24.3 Å². The molecule has 0 spiro atoms. The maximum atomic E-state index is 13.2. The highest BCUT2D eigenvalue weighted by atomic mass is 19.1. The van der Waals surface area contributed by atoms with Crippen LogP contribution in [0.2, 0.25) is 0 Å². The lowest BCUT2D eigenvalue weighted by Gasteiger charge is -2.31. The lowest BCUT2D eigenvalue weighted by Crippen LogP contribution is -2.28. The Hall–Kier alpha value is -3.22. The lowest BCUT2D eigenvalue weighted by atomic mass is 9.93. The minimum Gasteiger partial charge on any atom is -0.348 e. The molecular formula is C19H18FN5O.